The molecule has 0 rings (SSSR count). The molecule has 0 heterocycles. The van der Waals surface area contributed by atoms with Crippen LogP contribution in [0.2, 0.25) is 0 Å². The van der Waals surface area contributed by atoms with Crippen LogP contribution in [-0.4, -0.2) is 29.5 Å². The van der Waals surface area contributed by atoms with Crippen molar-refractivity contribution in [3.63, 3.8) is 0 Å². The Morgan fingerprint density at radius 3 is 2.73 bits per heavy atom. The number of rotatable bonds is 6. The fourth-order valence-corrected chi connectivity index (χ4v) is 0.698. The van der Waals surface area contributed by atoms with Gasteiger partial charge >= 0.3 is 0 Å². The summed E-state index contributed by atoms with van der Waals surface area (Å²) in [6.07, 6.45) is 1.49. The normalized spacial score (nSPS) is 12.2. The zero-order valence-electron chi connectivity index (χ0n) is 6.35. The molecule has 0 bridgehead atoms. The van der Waals surface area contributed by atoms with Crippen molar-refractivity contribution in [2.45, 2.75) is 25.4 Å². The van der Waals surface area contributed by atoms with Crippen LogP contribution in [0.25, 0.3) is 10.4 Å². The van der Waals surface area contributed by atoms with Gasteiger partial charge in [0, 0.05) is 11.5 Å². The predicted molar refractivity (Wildman–Crippen MR) is 41.0 cm³/mol. The molecule has 64 valence electrons. The van der Waals surface area contributed by atoms with Crippen molar-refractivity contribution in [1.82, 2.24) is 0 Å². The van der Waals surface area contributed by atoms with E-state index in [1.807, 2.05) is 0 Å². The zero-order valence-corrected chi connectivity index (χ0v) is 6.35. The molecule has 11 heavy (non-hydrogen) atoms. The summed E-state index contributed by atoms with van der Waals surface area (Å²) in [7, 11) is 0. The monoisotopic (exact) mass is 159 g/mol. The number of hydrogen-bond acceptors (Lipinski definition) is 3. The Morgan fingerprint density at radius 1 is 1.45 bits per heavy atom. The maximum absolute atomic E-state index is 8.86. The van der Waals surface area contributed by atoms with Gasteiger partial charge in [-0.2, -0.15) is 0 Å². The molecule has 0 aromatic rings. The Bertz CT molecular complexity index is 134. The topological polar surface area (TPSA) is 89.2 Å². The Hall–Kier alpha value is -0.770. The van der Waals surface area contributed by atoms with Crippen LogP contribution in [0.1, 0.15) is 19.3 Å². The second-order valence-electron chi connectivity index (χ2n) is 2.29. The molecule has 0 radical (unpaired) electrons. The van der Waals surface area contributed by atoms with Crippen LogP contribution in [0.4, 0.5) is 0 Å². The lowest BCUT2D eigenvalue weighted by Crippen LogP contribution is -2.11. The summed E-state index contributed by atoms with van der Waals surface area (Å²) in [6, 6.07) is 0. The van der Waals surface area contributed by atoms with Gasteiger partial charge in [0.2, 0.25) is 0 Å². The van der Waals surface area contributed by atoms with Gasteiger partial charge in [-0.05, 0) is 18.4 Å². The molecule has 0 amide bonds. The van der Waals surface area contributed by atoms with E-state index in [2.05, 4.69) is 10.0 Å². The van der Waals surface area contributed by atoms with Gasteiger partial charge in [-0.15, -0.1) is 0 Å². The summed E-state index contributed by atoms with van der Waals surface area (Å²) in [5, 5.41) is 20.6. The summed E-state index contributed by atoms with van der Waals surface area (Å²) in [6.45, 7) is 0.274. The van der Waals surface area contributed by atoms with E-state index in [4.69, 9.17) is 15.7 Å². The van der Waals surface area contributed by atoms with Gasteiger partial charge in [-0.3, -0.25) is 0 Å². The minimum atomic E-state index is -0.624. The molecule has 1 atom stereocenters. The van der Waals surface area contributed by atoms with E-state index in [1.54, 1.807) is 0 Å². The van der Waals surface area contributed by atoms with E-state index in [0.717, 1.165) is 12.8 Å². The largest absolute Gasteiger partial charge is 0.394 e. The minimum Gasteiger partial charge on any atom is -0.394 e. The van der Waals surface area contributed by atoms with Crippen LogP contribution in [0, 0.1) is 0 Å². The zero-order chi connectivity index (χ0) is 8.53. The summed E-state index contributed by atoms with van der Waals surface area (Å²) >= 11 is 0. The number of aliphatic hydroxyl groups is 2. The van der Waals surface area contributed by atoms with Gasteiger partial charge < -0.3 is 10.2 Å². The van der Waals surface area contributed by atoms with Crippen LogP contribution in [0.15, 0.2) is 5.11 Å². The lowest BCUT2D eigenvalue weighted by atomic mass is 10.2. The molecule has 0 aliphatic carbocycles. The van der Waals surface area contributed by atoms with Crippen LogP contribution >= 0.6 is 0 Å². The molecule has 0 saturated heterocycles. The molecule has 0 aliphatic heterocycles. The number of hydrogen-bond donors (Lipinski definition) is 2. The number of unbranched alkanes of at least 4 members (excludes halogenated alkanes) is 1. The first-order valence-corrected chi connectivity index (χ1v) is 3.61. The van der Waals surface area contributed by atoms with Crippen LogP contribution in [0.3, 0.4) is 0 Å². The molecule has 0 spiro atoms. The average Bonchev–Trinajstić information content (AvgIpc) is 2.04. The third-order valence-corrected chi connectivity index (χ3v) is 1.32. The first-order chi connectivity index (χ1) is 5.31. The average molecular weight is 159 g/mol. The van der Waals surface area contributed by atoms with Crippen molar-refractivity contribution in [2.75, 3.05) is 13.2 Å². The summed E-state index contributed by atoms with van der Waals surface area (Å²) < 4.78 is 0. The smallest absolute Gasteiger partial charge is 0.0770 e. The highest BCUT2D eigenvalue weighted by atomic mass is 16.3. The van der Waals surface area contributed by atoms with E-state index < -0.39 is 6.10 Å². The molecule has 0 fully saturated rings. The van der Waals surface area contributed by atoms with Crippen LogP contribution < -0.4 is 0 Å². The first kappa shape index (κ1) is 10.2. The quantitative estimate of drug-likeness (QED) is 0.260. The van der Waals surface area contributed by atoms with Crippen LogP contribution in [-0.2, 0) is 0 Å². The van der Waals surface area contributed by atoms with Crippen molar-refractivity contribution >= 4 is 0 Å². The van der Waals surface area contributed by atoms with E-state index in [-0.39, 0.29) is 6.61 Å². The molecular formula is C6H13N3O2. The Morgan fingerprint density at radius 2 is 2.18 bits per heavy atom. The lowest BCUT2D eigenvalue weighted by Gasteiger charge is -2.04. The highest BCUT2D eigenvalue weighted by molar-refractivity contribution is 4.54. The molecule has 0 saturated carbocycles. The van der Waals surface area contributed by atoms with Gasteiger partial charge in [0.15, 0.2) is 0 Å². The standard InChI is InChI=1S/C6H13N3O2/c7-9-8-4-2-1-3-6(11)5-10/h6,10-11H,1-5H2. The fourth-order valence-electron chi connectivity index (χ4n) is 0.698. The third kappa shape index (κ3) is 7.12. The van der Waals surface area contributed by atoms with Gasteiger partial charge in [0.1, 0.15) is 0 Å². The Balaban J connectivity index is 3.07. The second-order valence-corrected chi connectivity index (χ2v) is 2.29. The highest BCUT2D eigenvalue weighted by Crippen LogP contribution is 1.99. The van der Waals surface area contributed by atoms with Gasteiger partial charge in [0.25, 0.3) is 0 Å². The minimum absolute atomic E-state index is 0.193. The summed E-state index contributed by atoms with van der Waals surface area (Å²) in [5.74, 6) is 0. The van der Waals surface area contributed by atoms with Crippen molar-refractivity contribution in [2.24, 2.45) is 5.11 Å². The molecule has 0 aromatic heterocycles. The van der Waals surface area contributed by atoms with E-state index in [1.165, 1.54) is 0 Å². The molecule has 2 N–H and O–H groups in total. The SMILES string of the molecule is [N-]=[N+]=NCCCCC(O)CO. The lowest BCUT2D eigenvalue weighted by molar-refractivity contribution is 0.0863. The van der Waals surface area contributed by atoms with Gasteiger partial charge in [-0.25, -0.2) is 0 Å². The fraction of sp³-hybridized carbons (Fsp3) is 1.00. The number of aliphatic hydroxyl groups excluding tert-OH is 2. The second kappa shape index (κ2) is 7.34. The molecule has 5 heteroatoms. The van der Waals surface area contributed by atoms with Gasteiger partial charge in [-0.1, -0.05) is 11.5 Å². The summed E-state index contributed by atoms with van der Waals surface area (Å²) in [5.41, 5.74) is 7.89. The number of azide groups is 1. The molecule has 0 aliphatic rings. The maximum atomic E-state index is 8.86. The van der Waals surface area contributed by atoms with Crippen molar-refractivity contribution in [3.8, 4) is 0 Å². The maximum Gasteiger partial charge on any atom is 0.0770 e. The summed E-state index contributed by atoms with van der Waals surface area (Å²) in [4.78, 5) is 2.59. The van der Waals surface area contributed by atoms with Crippen molar-refractivity contribution in [1.29, 1.82) is 0 Å². The van der Waals surface area contributed by atoms with Crippen molar-refractivity contribution < 1.29 is 10.2 Å². The third-order valence-electron chi connectivity index (χ3n) is 1.32. The Labute approximate surface area is 65.3 Å². The van der Waals surface area contributed by atoms with E-state index >= 15 is 0 Å². The molecule has 5 nitrogen and oxygen atoms in total. The predicted octanol–water partition coefficient (Wildman–Crippen LogP) is 0.820. The van der Waals surface area contributed by atoms with Gasteiger partial charge in [0.05, 0.1) is 12.7 Å². The van der Waals surface area contributed by atoms with Crippen LogP contribution in [0.5, 0.6) is 0 Å². The Kier molecular flexibility index (Phi) is 6.82. The first-order valence-electron chi connectivity index (χ1n) is 3.61. The molecular weight excluding hydrogens is 146 g/mol. The molecule has 1 unspecified atom stereocenters. The number of nitrogens with zero attached hydrogens (tertiary/aromatic N) is 3. The highest BCUT2D eigenvalue weighted by Gasteiger charge is 1.99. The van der Waals surface area contributed by atoms with Crippen molar-refractivity contribution in [3.05, 3.63) is 10.4 Å². The van der Waals surface area contributed by atoms with E-state index in [9.17, 15) is 0 Å². The van der Waals surface area contributed by atoms with E-state index in [0.29, 0.717) is 13.0 Å². The molecule has 0 aromatic carbocycles.